The average molecular weight is 451 g/mol. The van der Waals surface area contributed by atoms with Gasteiger partial charge in [-0.1, -0.05) is 12.1 Å². The largest absolute Gasteiger partial charge is 0.456 e. The summed E-state index contributed by atoms with van der Waals surface area (Å²) in [4.78, 5) is 36.1. The van der Waals surface area contributed by atoms with E-state index in [4.69, 9.17) is 4.74 Å². The van der Waals surface area contributed by atoms with Crippen LogP contribution in [-0.4, -0.2) is 45.5 Å². The van der Waals surface area contributed by atoms with Gasteiger partial charge in [-0.3, -0.25) is 4.79 Å². The fraction of sp³-hybridized carbons (Fsp3) is 0.360. The van der Waals surface area contributed by atoms with E-state index in [0.29, 0.717) is 31.0 Å². The van der Waals surface area contributed by atoms with E-state index in [1.165, 1.54) is 12.1 Å². The quantitative estimate of drug-likeness (QED) is 0.402. The number of ketones is 1. The maximum absolute atomic E-state index is 13.2. The van der Waals surface area contributed by atoms with Crippen LogP contribution in [0, 0.1) is 19.7 Å². The number of rotatable bonds is 7. The highest BCUT2D eigenvalue weighted by atomic mass is 19.1. The second-order valence-corrected chi connectivity index (χ2v) is 8.28. The van der Waals surface area contributed by atoms with Gasteiger partial charge < -0.3 is 14.2 Å². The molecule has 0 spiro atoms. The van der Waals surface area contributed by atoms with E-state index >= 15 is 0 Å². The molecule has 1 unspecified atom stereocenters. The predicted molar refractivity (Wildman–Crippen MR) is 122 cm³/mol. The lowest BCUT2D eigenvalue weighted by Gasteiger charge is -2.33. The minimum Gasteiger partial charge on any atom is -0.456 e. The van der Waals surface area contributed by atoms with Crippen LogP contribution < -0.4 is 4.90 Å². The minimum atomic E-state index is -0.500. The molecule has 8 heteroatoms. The molecule has 0 bridgehead atoms. The highest BCUT2D eigenvalue weighted by molar-refractivity contribution is 5.99. The van der Waals surface area contributed by atoms with Crippen molar-refractivity contribution in [3.8, 4) is 0 Å². The first kappa shape index (κ1) is 22.6. The number of benzene rings is 1. The number of piperidine rings is 1. The summed E-state index contributed by atoms with van der Waals surface area (Å²) in [5.41, 5.74) is 3.15. The summed E-state index contributed by atoms with van der Waals surface area (Å²) in [6.07, 6.45) is 5.77. The van der Waals surface area contributed by atoms with Crippen molar-refractivity contribution in [2.75, 3.05) is 18.1 Å². The van der Waals surface area contributed by atoms with Gasteiger partial charge in [-0.15, -0.1) is 0 Å². The van der Waals surface area contributed by atoms with E-state index in [0.717, 1.165) is 29.8 Å². The fourth-order valence-corrected chi connectivity index (χ4v) is 4.27. The monoisotopic (exact) mass is 450 g/mol. The molecule has 1 aromatic carbocycles. The van der Waals surface area contributed by atoms with E-state index in [9.17, 15) is 14.0 Å². The predicted octanol–water partition coefficient (Wildman–Crippen LogP) is 3.87. The van der Waals surface area contributed by atoms with Crippen molar-refractivity contribution in [2.24, 2.45) is 0 Å². The molecule has 0 amide bonds. The molecule has 4 rings (SSSR count). The van der Waals surface area contributed by atoms with Crippen molar-refractivity contribution in [1.82, 2.24) is 14.5 Å². The van der Waals surface area contributed by atoms with Crippen molar-refractivity contribution in [2.45, 2.75) is 45.7 Å². The molecular weight excluding hydrogens is 423 g/mol. The zero-order valence-electron chi connectivity index (χ0n) is 18.8. The van der Waals surface area contributed by atoms with Crippen LogP contribution in [0.1, 0.15) is 46.6 Å². The third kappa shape index (κ3) is 5.10. The van der Waals surface area contributed by atoms with Gasteiger partial charge in [0.15, 0.2) is 6.61 Å². The van der Waals surface area contributed by atoms with Crippen molar-refractivity contribution in [3.05, 3.63) is 77.1 Å². The number of esters is 1. The van der Waals surface area contributed by atoms with Gasteiger partial charge in [0.05, 0.1) is 0 Å². The summed E-state index contributed by atoms with van der Waals surface area (Å²) in [6.45, 7) is 4.65. The van der Waals surface area contributed by atoms with Crippen LogP contribution in [0.4, 0.5) is 10.3 Å². The Morgan fingerprint density at radius 3 is 2.58 bits per heavy atom. The highest BCUT2D eigenvalue weighted by Crippen LogP contribution is 2.23. The molecular formula is C25H27FN4O3. The molecule has 0 N–H and O–H groups in total. The summed E-state index contributed by atoms with van der Waals surface area (Å²) >= 11 is 0. The van der Waals surface area contributed by atoms with Crippen molar-refractivity contribution >= 4 is 17.7 Å². The SMILES string of the molecule is Cc1cc(C(=O)COC(=O)C2CCCCN2c2ncccn2)c(C)n1Cc1ccc(F)cc1. The molecule has 1 aliphatic heterocycles. The van der Waals surface area contributed by atoms with Gasteiger partial charge in [-0.25, -0.2) is 19.2 Å². The number of Topliss-reactive ketones (excluding diaryl/α,β-unsaturated/α-hetero) is 1. The maximum atomic E-state index is 13.2. The number of hydrogen-bond donors (Lipinski definition) is 0. The molecule has 0 radical (unpaired) electrons. The number of aryl methyl sites for hydroxylation is 1. The van der Waals surface area contributed by atoms with E-state index in [-0.39, 0.29) is 18.2 Å². The van der Waals surface area contributed by atoms with Gasteiger partial charge in [0.1, 0.15) is 11.9 Å². The summed E-state index contributed by atoms with van der Waals surface area (Å²) in [5.74, 6) is -0.474. The normalized spacial score (nSPS) is 16.0. The van der Waals surface area contributed by atoms with Crippen LogP contribution in [0.5, 0.6) is 0 Å². The fourth-order valence-electron chi connectivity index (χ4n) is 4.27. The Hall–Kier alpha value is -3.55. The third-order valence-electron chi connectivity index (χ3n) is 6.06. The molecule has 172 valence electrons. The van der Waals surface area contributed by atoms with Crippen molar-refractivity contribution in [1.29, 1.82) is 0 Å². The van der Waals surface area contributed by atoms with E-state index in [1.54, 1.807) is 36.7 Å². The van der Waals surface area contributed by atoms with Crippen molar-refractivity contribution in [3.63, 3.8) is 0 Å². The number of ether oxygens (including phenoxy) is 1. The molecule has 1 saturated heterocycles. The van der Waals surface area contributed by atoms with Gasteiger partial charge >= 0.3 is 5.97 Å². The first-order chi connectivity index (χ1) is 15.9. The highest BCUT2D eigenvalue weighted by Gasteiger charge is 2.32. The lowest BCUT2D eigenvalue weighted by atomic mass is 10.0. The van der Waals surface area contributed by atoms with Crippen LogP contribution in [-0.2, 0) is 16.1 Å². The molecule has 0 aliphatic carbocycles. The number of carbonyl (C=O) groups is 2. The molecule has 2 aromatic heterocycles. The number of anilines is 1. The molecule has 3 heterocycles. The van der Waals surface area contributed by atoms with Gasteiger partial charge in [0, 0.05) is 42.4 Å². The minimum absolute atomic E-state index is 0.250. The first-order valence-corrected chi connectivity index (χ1v) is 11.1. The van der Waals surface area contributed by atoms with Crippen LogP contribution in [0.3, 0.4) is 0 Å². The Morgan fingerprint density at radius 1 is 1.12 bits per heavy atom. The van der Waals surface area contributed by atoms with E-state index in [2.05, 4.69) is 9.97 Å². The second kappa shape index (κ2) is 9.94. The molecule has 1 aliphatic rings. The van der Waals surface area contributed by atoms with Gasteiger partial charge in [-0.2, -0.15) is 0 Å². The Balaban J connectivity index is 1.42. The lowest BCUT2D eigenvalue weighted by Crippen LogP contribution is -2.46. The second-order valence-electron chi connectivity index (χ2n) is 8.28. The zero-order valence-corrected chi connectivity index (χ0v) is 18.8. The zero-order chi connectivity index (χ0) is 23.4. The Labute approximate surface area is 192 Å². The van der Waals surface area contributed by atoms with Crippen LogP contribution >= 0.6 is 0 Å². The van der Waals surface area contributed by atoms with Crippen LogP contribution in [0.25, 0.3) is 0 Å². The molecule has 1 atom stereocenters. The molecule has 33 heavy (non-hydrogen) atoms. The summed E-state index contributed by atoms with van der Waals surface area (Å²) in [7, 11) is 0. The van der Waals surface area contributed by atoms with Crippen LogP contribution in [0.15, 0.2) is 48.8 Å². The van der Waals surface area contributed by atoms with E-state index < -0.39 is 12.0 Å². The maximum Gasteiger partial charge on any atom is 0.329 e. The van der Waals surface area contributed by atoms with Gasteiger partial charge in [0.2, 0.25) is 11.7 Å². The Kier molecular flexibility index (Phi) is 6.82. The third-order valence-corrected chi connectivity index (χ3v) is 6.06. The lowest BCUT2D eigenvalue weighted by molar-refractivity contribution is -0.144. The number of hydrogen-bond acceptors (Lipinski definition) is 6. The van der Waals surface area contributed by atoms with Gasteiger partial charge in [0.25, 0.3) is 0 Å². The Bertz CT molecular complexity index is 1130. The standard InChI is InChI=1S/C25H27FN4O3/c1-17-14-21(18(2)30(17)15-19-7-9-20(26)10-8-19)23(31)16-33-24(32)22-6-3-4-13-29(22)25-27-11-5-12-28-25/h5,7-12,14,22H,3-4,6,13,15-16H2,1-2H3. The van der Waals surface area contributed by atoms with Crippen molar-refractivity contribution < 1.29 is 18.7 Å². The first-order valence-electron chi connectivity index (χ1n) is 11.1. The number of nitrogens with zero attached hydrogens (tertiary/aromatic N) is 4. The molecule has 1 fully saturated rings. The van der Waals surface area contributed by atoms with Crippen LogP contribution in [0.2, 0.25) is 0 Å². The topological polar surface area (TPSA) is 77.3 Å². The summed E-state index contributed by atoms with van der Waals surface area (Å²) in [5, 5.41) is 0. The summed E-state index contributed by atoms with van der Waals surface area (Å²) < 4.78 is 20.6. The number of aromatic nitrogens is 3. The molecule has 7 nitrogen and oxygen atoms in total. The molecule has 3 aromatic rings. The van der Waals surface area contributed by atoms with Gasteiger partial charge in [-0.05, 0) is 62.9 Å². The smallest absolute Gasteiger partial charge is 0.329 e. The number of carbonyl (C=O) groups excluding carboxylic acids is 2. The summed E-state index contributed by atoms with van der Waals surface area (Å²) in [6, 6.07) is 9.33. The Morgan fingerprint density at radius 2 is 1.85 bits per heavy atom. The molecule has 0 saturated carbocycles. The number of halogens is 1. The van der Waals surface area contributed by atoms with E-state index in [1.807, 2.05) is 23.3 Å². The average Bonchev–Trinajstić information content (AvgIpc) is 3.12.